The van der Waals surface area contributed by atoms with Gasteiger partial charge in [-0.1, -0.05) is 36.2 Å². The highest BCUT2D eigenvalue weighted by Gasteiger charge is 2.27. The highest BCUT2D eigenvalue weighted by Crippen LogP contribution is 2.44. The average Bonchev–Trinajstić information content (AvgIpc) is 2.88. The van der Waals surface area contributed by atoms with E-state index in [1.807, 2.05) is 23.9 Å². The Bertz CT molecular complexity index is 511. The zero-order valence-electron chi connectivity index (χ0n) is 12.6. The summed E-state index contributed by atoms with van der Waals surface area (Å²) < 4.78 is 0. The predicted octanol–water partition coefficient (Wildman–Crippen LogP) is 4.73. The molecule has 0 N–H and O–H groups in total. The van der Waals surface area contributed by atoms with Crippen LogP contribution in [0, 0.1) is 0 Å². The zero-order chi connectivity index (χ0) is 14.7. The number of rotatable bonds is 4. The zero-order valence-corrected chi connectivity index (χ0v) is 14.2. The molecule has 2 heterocycles. The summed E-state index contributed by atoms with van der Waals surface area (Å²) in [5.41, 5.74) is 2.60. The van der Waals surface area contributed by atoms with E-state index >= 15 is 0 Å². The molecule has 2 nitrogen and oxygen atoms in total. The Morgan fingerprint density at radius 1 is 1.14 bits per heavy atom. The van der Waals surface area contributed by atoms with E-state index < -0.39 is 0 Å². The first-order valence-corrected chi connectivity index (χ1v) is 9.13. The van der Waals surface area contributed by atoms with Gasteiger partial charge in [0, 0.05) is 29.4 Å². The van der Waals surface area contributed by atoms with Gasteiger partial charge in [-0.25, -0.2) is 0 Å². The van der Waals surface area contributed by atoms with Crippen LogP contribution in [0.2, 0.25) is 5.02 Å². The molecule has 4 heteroatoms. The third kappa shape index (κ3) is 3.58. The van der Waals surface area contributed by atoms with Gasteiger partial charge in [0.05, 0.1) is 0 Å². The number of benzene rings is 1. The second kappa shape index (κ2) is 7.08. The summed E-state index contributed by atoms with van der Waals surface area (Å²) in [5, 5.41) is 3.48. The topological polar surface area (TPSA) is 6.48 Å². The van der Waals surface area contributed by atoms with Gasteiger partial charge < -0.3 is 9.80 Å². The smallest absolute Gasteiger partial charge is 0.106 e. The van der Waals surface area contributed by atoms with Crippen molar-refractivity contribution in [2.75, 3.05) is 26.2 Å². The van der Waals surface area contributed by atoms with E-state index in [0.29, 0.717) is 5.37 Å². The fourth-order valence-electron chi connectivity index (χ4n) is 3.13. The lowest BCUT2D eigenvalue weighted by Crippen LogP contribution is -2.37. The summed E-state index contributed by atoms with van der Waals surface area (Å²) in [7, 11) is 0. The van der Waals surface area contributed by atoms with Crippen LogP contribution in [0.4, 0.5) is 0 Å². The van der Waals surface area contributed by atoms with Gasteiger partial charge in [-0.15, -0.1) is 11.8 Å². The number of nitrogens with zero attached hydrogens (tertiary/aromatic N) is 2. The van der Waals surface area contributed by atoms with Crippen LogP contribution >= 0.6 is 23.4 Å². The van der Waals surface area contributed by atoms with Crippen LogP contribution in [0.5, 0.6) is 0 Å². The third-order valence-electron chi connectivity index (χ3n) is 4.38. The second-order valence-electron chi connectivity index (χ2n) is 5.86. The summed E-state index contributed by atoms with van der Waals surface area (Å²) in [6.07, 6.45) is 4.12. The van der Waals surface area contributed by atoms with Gasteiger partial charge in [-0.3, -0.25) is 0 Å². The molecule has 1 aromatic carbocycles. The average molecular weight is 323 g/mol. The summed E-state index contributed by atoms with van der Waals surface area (Å²) in [4.78, 5) is 5.10. The first-order chi connectivity index (χ1) is 10.3. The molecule has 21 heavy (non-hydrogen) atoms. The van der Waals surface area contributed by atoms with Crippen LogP contribution in [-0.2, 0) is 0 Å². The Morgan fingerprint density at radius 2 is 1.90 bits per heavy atom. The lowest BCUT2D eigenvalue weighted by molar-refractivity contribution is 0.197. The monoisotopic (exact) mass is 322 g/mol. The van der Waals surface area contributed by atoms with Crippen LogP contribution in [0.25, 0.3) is 0 Å². The minimum absolute atomic E-state index is 0.337. The molecule has 2 aliphatic heterocycles. The molecule has 0 aromatic heterocycles. The summed E-state index contributed by atoms with van der Waals surface area (Å²) >= 11 is 8.27. The molecule has 2 aliphatic rings. The van der Waals surface area contributed by atoms with Crippen molar-refractivity contribution in [2.24, 2.45) is 0 Å². The van der Waals surface area contributed by atoms with E-state index in [9.17, 15) is 0 Å². The molecule has 0 aliphatic carbocycles. The highest BCUT2D eigenvalue weighted by atomic mass is 35.5. The Kier molecular flexibility index (Phi) is 5.15. The van der Waals surface area contributed by atoms with Gasteiger partial charge in [-0.2, -0.15) is 0 Å². The van der Waals surface area contributed by atoms with Crippen LogP contribution in [0.3, 0.4) is 0 Å². The number of piperidine rings is 1. The maximum absolute atomic E-state index is 6.39. The van der Waals surface area contributed by atoms with Gasteiger partial charge in [0.1, 0.15) is 5.37 Å². The third-order valence-corrected chi connectivity index (χ3v) is 5.97. The molecule has 3 rings (SSSR count). The summed E-state index contributed by atoms with van der Waals surface area (Å²) in [6, 6.07) is 8.23. The maximum atomic E-state index is 6.39. The largest absolute Gasteiger partial charge is 0.357 e. The quantitative estimate of drug-likeness (QED) is 0.791. The van der Waals surface area contributed by atoms with Gasteiger partial charge in [0.2, 0.25) is 0 Å². The molecule has 0 radical (unpaired) electrons. The number of allylic oxidation sites excluding steroid dienone is 1. The van der Waals surface area contributed by atoms with Crippen molar-refractivity contribution >= 4 is 23.4 Å². The minimum atomic E-state index is 0.337. The normalized spacial score (nSPS) is 23.4. The lowest BCUT2D eigenvalue weighted by atomic mass is 10.1. The lowest BCUT2D eigenvalue weighted by Gasteiger charge is -2.33. The van der Waals surface area contributed by atoms with E-state index in [4.69, 9.17) is 11.6 Å². The Morgan fingerprint density at radius 3 is 2.67 bits per heavy atom. The standard InChI is InChI=1S/C17H23ClN2S/c1-14-13-21-17(15-7-3-4-8-16(15)18)20(14)12-11-19-9-5-2-6-10-19/h3-4,7-8,13,17H,2,5-6,9-12H2,1H3. The number of halogens is 1. The number of hydrogen-bond acceptors (Lipinski definition) is 3. The first kappa shape index (κ1) is 15.3. The molecule has 1 atom stereocenters. The van der Waals surface area contributed by atoms with Crippen LogP contribution in [0.15, 0.2) is 35.4 Å². The van der Waals surface area contributed by atoms with Gasteiger partial charge in [-0.05, 0) is 44.3 Å². The van der Waals surface area contributed by atoms with E-state index in [1.165, 1.54) is 43.6 Å². The highest BCUT2D eigenvalue weighted by molar-refractivity contribution is 8.02. The van der Waals surface area contributed by atoms with Crippen molar-refractivity contribution in [3.63, 3.8) is 0 Å². The molecule has 0 amide bonds. The van der Waals surface area contributed by atoms with E-state index in [2.05, 4.69) is 34.3 Å². The van der Waals surface area contributed by atoms with E-state index in [0.717, 1.165) is 18.1 Å². The van der Waals surface area contributed by atoms with E-state index in [-0.39, 0.29) is 0 Å². The van der Waals surface area contributed by atoms with Crippen LogP contribution in [-0.4, -0.2) is 36.0 Å². The first-order valence-electron chi connectivity index (χ1n) is 7.81. The minimum Gasteiger partial charge on any atom is -0.357 e. The molecule has 1 aromatic rings. The van der Waals surface area contributed by atoms with Crippen LogP contribution in [0.1, 0.15) is 37.1 Å². The predicted molar refractivity (Wildman–Crippen MR) is 92.5 cm³/mol. The second-order valence-corrected chi connectivity index (χ2v) is 7.23. The number of thioether (sulfide) groups is 1. The Labute approximate surface area is 137 Å². The molecule has 1 unspecified atom stereocenters. The number of likely N-dealkylation sites (tertiary alicyclic amines) is 1. The van der Waals surface area contributed by atoms with Crippen molar-refractivity contribution in [3.05, 3.63) is 46.0 Å². The van der Waals surface area contributed by atoms with Crippen molar-refractivity contribution in [1.29, 1.82) is 0 Å². The molecule has 0 saturated carbocycles. The van der Waals surface area contributed by atoms with Crippen molar-refractivity contribution in [3.8, 4) is 0 Å². The molecular formula is C17H23ClN2S. The Hall–Kier alpha value is -0.640. The molecule has 0 bridgehead atoms. The van der Waals surface area contributed by atoms with Gasteiger partial charge in [0.15, 0.2) is 0 Å². The Balaban J connectivity index is 1.66. The van der Waals surface area contributed by atoms with Crippen LogP contribution < -0.4 is 0 Å². The molecular weight excluding hydrogens is 300 g/mol. The molecule has 114 valence electrons. The molecule has 0 spiro atoms. The number of hydrogen-bond donors (Lipinski definition) is 0. The van der Waals surface area contributed by atoms with Crippen molar-refractivity contribution in [2.45, 2.75) is 31.6 Å². The van der Waals surface area contributed by atoms with Gasteiger partial charge in [0.25, 0.3) is 0 Å². The fraction of sp³-hybridized carbons (Fsp3) is 0.529. The molecule has 1 fully saturated rings. The SMILES string of the molecule is CC1=CSC(c2ccccc2Cl)N1CCN1CCCCC1. The van der Waals surface area contributed by atoms with Gasteiger partial charge >= 0.3 is 0 Å². The van der Waals surface area contributed by atoms with Crippen molar-refractivity contribution < 1.29 is 0 Å². The van der Waals surface area contributed by atoms with Crippen molar-refractivity contribution in [1.82, 2.24) is 9.80 Å². The molecule has 1 saturated heterocycles. The van der Waals surface area contributed by atoms with E-state index in [1.54, 1.807) is 0 Å². The summed E-state index contributed by atoms with van der Waals surface area (Å²) in [5.74, 6) is 0. The summed E-state index contributed by atoms with van der Waals surface area (Å²) in [6.45, 7) is 6.99. The maximum Gasteiger partial charge on any atom is 0.106 e. The fourth-order valence-corrected chi connectivity index (χ4v) is 4.67.